The molecule has 1 aromatic carbocycles. The molecule has 86 valence electrons. The van der Waals surface area contributed by atoms with Crippen LogP contribution in [0, 0.1) is 6.57 Å². The highest BCUT2D eigenvalue weighted by Crippen LogP contribution is 2.30. The minimum Gasteiger partial charge on any atom is -0.404 e. The zero-order valence-electron chi connectivity index (χ0n) is 7.52. The van der Waals surface area contributed by atoms with E-state index in [9.17, 15) is 21.6 Å². The average molecular weight is 251 g/mol. The van der Waals surface area contributed by atoms with E-state index in [1.54, 1.807) is 0 Å². The van der Waals surface area contributed by atoms with Crippen molar-refractivity contribution >= 4 is 10.0 Å². The summed E-state index contributed by atoms with van der Waals surface area (Å²) in [5.74, 6) is -0.911. The fourth-order valence-electron chi connectivity index (χ4n) is 0.921. The van der Waals surface area contributed by atoms with Crippen molar-refractivity contribution in [2.24, 2.45) is 0 Å². The summed E-state index contributed by atoms with van der Waals surface area (Å²) >= 11 is 0. The Bertz CT molecular complexity index is 530. The Morgan fingerprint density at radius 2 is 1.81 bits per heavy atom. The van der Waals surface area contributed by atoms with E-state index in [0.717, 1.165) is 12.1 Å². The Kier molecular flexibility index (Phi) is 3.09. The number of para-hydroxylation sites is 1. The van der Waals surface area contributed by atoms with Crippen molar-refractivity contribution in [1.29, 1.82) is 0 Å². The van der Waals surface area contributed by atoms with E-state index in [-0.39, 0.29) is 0 Å². The number of rotatable bonds is 2. The Balaban J connectivity index is 3.29. The molecule has 0 bridgehead atoms. The summed E-state index contributed by atoms with van der Waals surface area (Å²) in [5.41, 5.74) is 0. The van der Waals surface area contributed by atoms with Crippen LogP contribution in [0.3, 0.4) is 0 Å². The predicted octanol–water partition coefficient (Wildman–Crippen LogP) is 2.19. The molecule has 0 N–H and O–H groups in total. The molecule has 0 amide bonds. The predicted molar refractivity (Wildman–Crippen MR) is 46.9 cm³/mol. The Morgan fingerprint density at radius 1 is 1.25 bits per heavy atom. The summed E-state index contributed by atoms with van der Waals surface area (Å²) < 4.78 is 63.7. The van der Waals surface area contributed by atoms with Crippen LogP contribution in [0.2, 0.25) is 0 Å². The van der Waals surface area contributed by atoms with Crippen molar-refractivity contribution in [3.05, 3.63) is 35.1 Å². The molecule has 0 aliphatic heterocycles. The molecule has 8 heteroatoms. The molecule has 16 heavy (non-hydrogen) atoms. The van der Waals surface area contributed by atoms with Crippen molar-refractivity contribution in [1.82, 2.24) is 0 Å². The highest BCUT2D eigenvalue weighted by atomic mass is 32.2. The minimum absolute atomic E-state index is 0.803. The van der Waals surface area contributed by atoms with Gasteiger partial charge in [-0.25, -0.2) is 6.57 Å². The normalized spacial score (nSPS) is 11.9. The van der Waals surface area contributed by atoms with Crippen LogP contribution in [0.25, 0.3) is 4.25 Å². The van der Waals surface area contributed by atoms with Crippen LogP contribution in [-0.2, 0) is 10.0 Å². The van der Waals surface area contributed by atoms with Crippen molar-refractivity contribution in [3.8, 4) is 5.75 Å². The van der Waals surface area contributed by atoms with Crippen LogP contribution in [0.5, 0.6) is 5.75 Å². The van der Waals surface area contributed by atoms with Crippen molar-refractivity contribution < 1.29 is 26.3 Å². The van der Waals surface area contributed by atoms with Crippen LogP contribution in [0.4, 0.5) is 13.2 Å². The highest BCUT2D eigenvalue weighted by molar-refractivity contribution is 7.93. The molecule has 4 nitrogen and oxygen atoms in total. The average Bonchev–Trinajstić information content (AvgIpc) is 2.16. The molecule has 1 rings (SSSR count). The highest BCUT2D eigenvalue weighted by Gasteiger charge is 2.35. The topological polar surface area (TPSA) is 47.7 Å². The molecule has 0 radical (unpaired) electrons. The lowest BCUT2D eigenvalue weighted by molar-refractivity contribution is -0.275. The van der Waals surface area contributed by atoms with Gasteiger partial charge < -0.3 is 4.74 Å². The third-order valence-electron chi connectivity index (χ3n) is 1.47. The van der Waals surface area contributed by atoms with Crippen LogP contribution in [0.1, 0.15) is 0 Å². The minimum atomic E-state index is -5.01. The fraction of sp³-hybridized carbons (Fsp3) is 0.125. The molecule has 0 aliphatic rings. The third kappa shape index (κ3) is 2.87. The van der Waals surface area contributed by atoms with Gasteiger partial charge in [-0.3, -0.25) is 0 Å². The second kappa shape index (κ2) is 4.02. The second-order valence-electron chi connectivity index (χ2n) is 2.56. The monoisotopic (exact) mass is 251 g/mol. The van der Waals surface area contributed by atoms with Gasteiger partial charge in [-0.15, -0.1) is 21.6 Å². The van der Waals surface area contributed by atoms with Gasteiger partial charge >= 0.3 is 16.4 Å². The number of nitrogens with zero attached hydrogens (tertiary/aromatic N) is 1. The number of ether oxygens (including phenoxy) is 1. The van der Waals surface area contributed by atoms with Crippen LogP contribution in [-0.4, -0.2) is 14.8 Å². The molecule has 0 spiro atoms. The molecule has 0 saturated carbocycles. The van der Waals surface area contributed by atoms with E-state index in [0.29, 0.717) is 0 Å². The molecule has 1 aromatic rings. The first-order chi connectivity index (χ1) is 7.26. The van der Waals surface area contributed by atoms with Crippen LogP contribution in [0.15, 0.2) is 29.2 Å². The standard InChI is InChI=1S/C8H4F3NO3S/c1-12-16(13,14)7-5-3-2-4-6(7)15-8(9,10)11/h2-5H. The summed E-state index contributed by atoms with van der Waals surface area (Å²) in [6, 6.07) is 4.06. The third-order valence-corrected chi connectivity index (χ3v) is 2.61. The maximum Gasteiger partial charge on any atom is 0.573 e. The number of hydrogen-bond acceptors (Lipinski definition) is 3. The molecule has 0 atom stereocenters. The summed E-state index contributed by atoms with van der Waals surface area (Å²) in [4.78, 5) is -0.803. The van der Waals surface area contributed by atoms with Gasteiger partial charge in [-0.2, -0.15) is 4.25 Å². The summed E-state index contributed by atoms with van der Waals surface area (Å²) in [5, 5.41) is 0. The van der Waals surface area contributed by atoms with E-state index < -0.39 is 27.0 Å². The summed E-state index contributed by atoms with van der Waals surface area (Å²) in [6.07, 6.45) is -5.01. The van der Waals surface area contributed by atoms with Gasteiger partial charge in [-0.05, 0) is 12.1 Å². The Labute approximate surface area is 89.1 Å². The van der Waals surface area contributed by atoms with Gasteiger partial charge in [0.1, 0.15) is 0 Å². The van der Waals surface area contributed by atoms with E-state index >= 15 is 0 Å². The molecule has 0 heterocycles. The molecule has 0 unspecified atom stereocenters. The van der Waals surface area contributed by atoms with E-state index in [1.165, 1.54) is 12.1 Å². The molecular formula is C8H4F3NO3S. The maximum absolute atomic E-state index is 11.9. The maximum atomic E-state index is 11.9. The van der Waals surface area contributed by atoms with Gasteiger partial charge in [0.15, 0.2) is 10.6 Å². The fourth-order valence-corrected chi connectivity index (χ4v) is 1.63. The summed E-state index contributed by atoms with van der Waals surface area (Å²) in [7, 11) is -4.43. The quantitative estimate of drug-likeness (QED) is 0.757. The van der Waals surface area contributed by atoms with Crippen molar-refractivity contribution in [2.45, 2.75) is 11.3 Å². The Morgan fingerprint density at radius 3 is 2.31 bits per heavy atom. The van der Waals surface area contributed by atoms with E-state index in [1.807, 2.05) is 0 Å². The molecule has 0 fully saturated rings. The molecular weight excluding hydrogens is 247 g/mol. The van der Waals surface area contributed by atoms with Gasteiger partial charge in [0.05, 0.1) is 0 Å². The van der Waals surface area contributed by atoms with E-state index in [4.69, 9.17) is 6.57 Å². The number of sulfonamides is 1. The van der Waals surface area contributed by atoms with Crippen LogP contribution >= 0.6 is 0 Å². The summed E-state index contributed by atoms with van der Waals surface area (Å²) in [6.45, 7) is 6.37. The lowest BCUT2D eigenvalue weighted by Crippen LogP contribution is -2.18. The lowest BCUT2D eigenvalue weighted by atomic mass is 10.3. The number of alkyl halides is 3. The zero-order chi connectivity index (χ0) is 12.4. The number of benzene rings is 1. The first-order valence-corrected chi connectivity index (χ1v) is 5.19. The molecule has 0 aromatic heterocycles. The van der Waals surface area contributed by atoms with Gasteiger partial charge in [0, 0.05) is 0 Å². The SMILES string of the molecule is [C-]#[N+]S(=O)(=O)c1ccccc1OC(F)(F)F. The first-order valence-electron chi connectivity index (χ1n) is 3.75. The first kappa shape index (κ1) is 12.3. The number of hydrogen-bond donors (Lipinski definition) is 0. The second-order valence-corrected chi connectivity index (χ2v) is 4.13. The molecule has 0 saturated heterocycles. The van der Waals surface area contributed by atoms with Gasteiger partial charge in [-0.1, -0.05) is 12.1 Å². The van der Waals surface area contributed by atoms with E-state index in [2.05, 4.69) is 8.99 Å². The van der Waals surface area contributed by atoms with Crippen molar-refractivity contribution in [2.75, 3.05) is 0 Å². The zero-order valence-corrected chi connectivity index (χ0v) is 8.34. The van der Waals surface area contributed by atoms with Gasteiger partial charge in [0.2, 0.25) is 0 Å². The Hall–Kier alpha value is -1.75. The lowest BCUT2D eigenvalue weighted by Gasteiger charge is -2.09. The van der Waals surface area contributed by atoms with Crippen molar-refractivity contribution in [3.63, 3.8) is 0 Å². The molecule has 0 aliphatic carbocycles. The van der Waals surface area contributed by atoms with Crippen LogP contribution < -0.4 is 4.74 Å². The smallest absolute Gasteiger partial charge is 0.404 e. The van der Waals surface area contributed by atoms with Gasteiger partial charge in [0.25, 0.3) is 0 Å². The largest absolute Gasteiger partial charge is 0.573 e. The number of halogens is 3.